The van der Waals surface area contributed by atoms with Gasteiger partial charge in [0.15, 0.2) is 5.95 Å². The third-order valence-electron chi connectivity index (χ3n) is 1.86. The van der Waals surface area contributed by atoms with Gasteiger partial charge in [-0.15, -0.1) is 0 Å². The molecule has 0 aliphatic rings. The van der Waals surface area contributed by atoms with Crippen LogP contribution in [0.3, 0.4) is 0 Å². The van der Waals surface area contributed by atoms with Crippen molar-refractivity contribution < 1.29 is 0 Å². The van der Waals surface area contributed by atoms with E-state index >= 15 is 0 Å². The van der Waals surface area contributed by atoms with Crippen molar-refractivity contribution in [3.63, 3.8) is 0 Å². The molecule has 0 spiro atoms. The predicted octanol–water partition coefficient (Wildman–Crippen LogP) is 0.755. The normalized spacial score (nSPS) is 10.2. The molecule has 13 heavy (non-hydrogen) atoms. The maximum atomic E-state index is 4.06. The van der Waals surface area contributed by atoms with Crippen LogP contribution in [0.1, 0.15) is 5.69 Å². The third-order valence-corrected chi connectivity index (χ3v) is 1.86. The van der Waals surface area contributed by atoms with Gasteiger partial charge in [-0.1, -0.05) is 0 Å². The van der Waals surface area contributed by atoms with Crippen molar-refractivity contribution in [2.24, 2.45) is 7.05 Å². The Labute approximate surface area is 75.8 Å². The van der Waals surface area contributed by atoms with Crippen LogP contribution >= 0.6 is 0 Å². The van der Waals surface area contributed by atoms with Crippen LogP contribution in [-0.2, 0) is 13.6 Å². The minimum atomic E-state index is 0.726. The minimum Gasteiger partial charge on any atom is -0.350 e. The summed E-state index contributed by atoms with van der Waals surface area (Å²) in [5.74, 6) is 0.779. The molecule has 0 bridgehead atoms. The molecule has 0 aliphatic carbocycles. The fraction of sp³-hybridized carbons (Fsp3) is 0.250. The Morgan fingerprint density at radius 3 is 3.08 bits per heavy atom. The van der Waals surface area contributed by atoms with Gasteiger partial charge in [0.05, 0.1) is 12.2 Å². The lowest BCUT2D eigenvalue weighted by atomic mass is 10.4. The number of anilines is 1. The number of aromatic nitrogens is 4. The van der Waals surface area contributed by atoms with Gasteiger partial charge in [-0.05, 0) is 6.07 Å². The quantitative estimate of drug-likeness (QED) is 0.727. The zero-order valence-corrected chi connectivity index (χ0v) is 7.36. The monoisotopic (exact) mass is 177 g/mol. The van der Waals surface area contributed by atoms with Crippen LogP contribution in [0.25, 0.3) is 0 Å². The lowest BCUT2D eigenvalue weighted by Crippen LogP contribution is -2.06. The molecular weight excluding hydrogens is 166 g/mol. The van der Waals surface area contributed by atoms with Gasteiger partial charge in [0.2, 0.25) is 0 Å². The topological polar surface area (TPSA) is 58.5 Å². The Morgan fingerprint density at radius 1 is 1.54 bits per heavy atom. The highest BCUT2D eigenvalue weighted by Gasteiger charge is 1.98. The largest absolute Gasteiger partial charge is 0.350 e. The molecule has 0 atom stereocenters. The first-order chi connectivity index (χ1) is 6.36. The molecule has 2 heterocycles. The molecule has 5 heteroatoms. The summed E-state index contributed by atoms with van der Waals surface area (Å²) >= 11 is 0. The van der Waals surface area contributed by atoms with E-state index in [4.69, 9.17) is 0 Å². The summed E-state index contributed by atoms with van der Waals surface area (Å²) in [4.78, 5) is 7.02. The molecular formula is C8H11N5. The van der Waals surface area contributed by atoms with Crippen molar-refractivity contribution >= 4 is 5.95 Å². The highest BCUT2D eigenvalue weighted by atomic mass is 15.3. The average molecular weight is 177 g/mol. The average Bonchev–Trinajstić information content (AvgIpc) is 2.72. The molecule has 0 radical (unpaired) electrons. The van der Waals surface area contributed by atoms with E-state index in [1.54, 1.807) is 18.6 Å². The highest BCUT2D eigenvalue weighted by molar-refractivity contribution is 5.24. The zero-order chi connectivity index (χ0) is 9.10. The number of aryl methyl sites for hydroxylation is 1. The number of hydrogen-bond donors (Lipinski definition) is 2. The lowest BCUT2D eigenvalue weighted by Gasteiger charge is -2.02. The van der Waals surface area contributed by atoms with Crippen LogP contribution in [0.15, 0.2) is 24.7 Å². The van der Waals surface area contributed by atoms with Crippen molar-refractivity contribution in [2.75, 3.05) is 5.32 Å². The molecule has 0 fully saturated rings. The summed E-state index contributed by atoms with van der Waals surface area (Å²) in [6.07, 6.45) is 5.27. The second-order valence-electron chi connectivity index (χ2n) is 2.74. The fourth-order valence-electron chi connectivity index (χ4n) is 1.11. The van der Waals surface area contributed by atoms with Gasteiger partial charge < -0.3 is 10.3 Å². The summed E-state index contributed by atoms with van der Waals surface area (Å²) in [7, 11) is 1.92. The van der Waals surface area contributed by atoms with Crippen molar-refractivity contribution in [3.8, 4) is 0 Å². The first kappa shape index (κ1) is 7.85. The van der Waals surface area contributed by atoms with Gasteiger partial charge >= 0.3 is 0 Å². The first-order valence-corrected chi connectivity index (χ1v) is 4.06. The lowest BCUT2D eigenvalue weighted by molar-refractivity contribution is 0.719. The number of imidazole rings is 1. The number of aromatic amines is 1. The van der Waals surface area contributed by atoms with E-state index in [0.717, 1.165) is 18.2 Å². The van der Waals surface area contributed by atoms with Crippen molar-refractivity contribution in [2.45, 2.75) is 6.54 Å². The Morgan fingerprint density at radius 2 is 2.46 bits per heavy atom. The predicted molar refractivity (Wildman–Crippen MR) is 49.1 cm³/mol. The maximum Gasteiger partial charge on any atom is 0.200 e. The SMILES string of the molecule is Cn1nccc1CNc1ncc[nH]1. The molecule has 2 N–H and O–H groups in total. The summed E-state index contributed by atoms with van der Waals surface area (Å²) in [5.41, 5.74) is 1.12. The summed E-state index contributed by atoms with van der Waals surface area (Å²) in [6, 6.07) is 1.97. The van der Waals surface area contributed by atoms with Gasteiger partial charge in [-0.3, -0.25) is 4.68 Å². The number of H-pyrrole nitrogens is 1. The van der Waals surface area contributed by atoms with Crippen molar-refractivity contribution in [3.05, 3.63) is 30.4 Å². The van der Waals surface area contributed by atoms with Gasteiger partial charge in [-0.2, -0.15) is 5.10 Å². The zero-order valence-electron chi connectivity index (χ0n) is 7.36. The summed E-state index contributed by atoms with van der Waals surface area (Å²) < 4.78 is 1.83. The summed E-state index contributed by atoms with van der Waals surface area (Å²) in [5, 5.41) is 7.20. The van der Waals surface area contributed by atoms with Gasteiger partial charge in [0.25, 0.3) is 0 Å². The molecule has 0 saturated carbocycles. The van der Waals surface area contributed by atoms with Gasteiger partial charge in [-0.25, -0.2) is 4.98 Å². The Hall–Kier alpha value is -1.78. The van der Waals surface area contributed by atoms with Crippen LogP contribution in [0.5, 0.6) is 0 Å². The van der Waals surface area contributed by atoms with E-state index in [-0.39, 0.29) is 0 Å². The van der Waals surface area contributed by atoms with E-state index in [1.165, 1.54) is 0 Å². The third kappa shape index (κ3) is 1.69. The molecule has 2 rings (SSSR count). The standard InChI is InChI=1S/C8H11N5/c1-13-7(2-3-12-13)6-11-8-9-4-5-10-8/h2-5H,6H2,1H3,(H2,9,10,11). The maximum absolute atomic E-state index is 4.06. The van der Waals surface area contributed by atoms with Crippen LogP contribution in [-0.4, -0.2) is 19.7 Å². The van der Waals surface area contributed by atoms with E-state index in [2.05, 4.69) is 20.4 Å². The molecule has 2 aromatic heterocycles. The molecule has 0 saturated heterocycles. The molecule has 68 valence electrons. The van der Waals surface area contributed by atoms with Crippen LogP contribution < -0.4 is 5.32 Å². The smallest absolute Gasteiger partial charge is 0.200 e. The second-order valence-corrected chi connectivity index (χ2v) is 2.74. The van der Waals surface area contributed by atoms with Crippen LogP contribution in [0.4, 0.5) is 5.95 Å². The van der Waals surface area contributed by atoms with Crippen LogP contribution in [0, 0.1) is 0 Å². The second kappa shape index (κ2) is 3.30. The number of rotatable bonds is 3. The fourth-order valence-corrected chi connectivity index (χ4v) is 1.11. The molecule has 0 unspecified atom stereocenters. The van der Waals surface area contributed by atoms with E-state index < -0.39 is 0 Å². The molecule has 0 aromatic carbocycles. The van der Waals surface area contributed by atoms with Gasteiger partial charge in [0, 0.05) is 25.6 Å². The van der Waals surface area contributed by atoms with Crippen molar-refractivity contribution in [1.82, 2.24) is 19.7 Å². The number of hydrogen-bond acceptors (Lipinski definition) is 3. The van der Waals surface area contributed by atoms with E-state index in [9.17, 15) is 0 Å². The molecule has 0 amide bonds. The van der Waals surface area contributed by atoms with Crippen molar-refractivity contribution in [1.29, 1.82) is 0 Å². The number of nitrogens with one attached hydrogen (secondary N) is 2. The Balaban J connectivity index is 1.97. The Bertz CT molecular complexity index is 362. The number of nitrogens with zero attached hydrogens (tertiary/aromatic N) is 3. The Kier molecular flexibility index (Phi) is 1.99. The van der Waals surface area contributed by atoms with Crippen LogP contribution in [0.2, 0.25) is 0 Å². The molecule has 5 nitrogen and oxygen atoms in total. The molecule has 2 aromatic rings. The van der Waals surface area contributed by atoms with Gasteiger partial charge in [0.1, 0.15) is 0 Å². The van der Waals surface area contributed by atoms with E-state index in [0.29, 0.717) is 0 Å². The molecule has 0 aliphatic heterocycles. The minimum absolute atomic E-state index is 0.726. The summed E-state index contributed by atoms with van der Waals surface area (Å²) in [6.45, 7) is 0.726. The van der Waals surface area contributed by atoms with E-state index in [1.807, 2.05) is 17.8 Å². The highest BCUT2D eigenvalue weighted by Crippen LogP contribution is 2.01. The first-order valence-electron chi connectivity index (χ1n) is 4.06.